The fraction of sp³-hybridized carbons (Fsp3) is 0.929. The summed E-state index contributed by atoms with van der Waals surface area (Å²) in [5, 5.41) is 12.6. The number of rotatable bonds is 7. The molecule has 1 heterocycles. The van der Waals surface area contributed by atoms with Crippen molar-refractivity contribution in [3.8, 4) is 6.07 Å². The molecule has 0 aromatic carbocycles. The van der Waals surface area contributed by atoms with Gasteiger partial charge < -0.3 is 9.64 Å². The Morgan fingerprint density at radius 1 is 1.56 bits per heavy atom. The van der Waals surface area contributed by atoms with E-state index in [0.717, 1.165) is 39.0 Å². The summed E-state index contributed by atoms with van der Waals surface area (Å²) < 4.78 is 5.59. The van der Waals surface area contributed by atoms with Crippen LogP contribution in [-0.2, 0) is 4.74 Å². The van der Waals surface area contributed by atoms with Crippen LogP contribution in [0.25, 0.3) is 0 Å². The fourth-order valence-electron chi connectivity index (χ4n) is 2.45. The van der Waals surface area contributed by atoms with E-state index in [1.165, 1.54) is 0 Å². The molecule has 1 rings (SSSR count). The van der Waals surface area contributed by atoms with Crippen LogP contribution in [0.15, 0.2) is 0 Å². The lowest BCUT2D eigenvalue weighted by Gasteiger charge is -2.30. The SMILES string of the molecule is CCCNC(C)(C#N)CCN(C)C1CCOC1C. The van der Waals surface area contributed by atoms with Gasteiger partial charge in [0.15, 0.2) is 0 Å². The lowest BCUT2D eigenvalue weighted by Crippen LogP contribution is -2.46. The lowest BCUT2D eigenvalue weighted by atomic mass is 9.98. The molecular weight excluding hydrogens is 226 g/mol. The second-order valence-electron chi connectivity index (χ2n) is 5.53. The van der Waals surface area contributed by atoms with Crippen LogP contribution in [-0.4, -0.2) is 49.3 Å². The molecule has 1 saturated heterocycles. The molecule has 1 aliphatic heterocycles. The van der Waals surface area contributed by atoms with E-state index in [0.29, 0.717) is 12.1 Å². The summed E-state index contributed by atoms with van der Waals surface area (Å²) in [6, 6.07) is 2.90. The van der Waals surface area contributed by atoms with Crippen molar-refractivity contribution in [1.29, 1.82) is 5.26 Å². The maximum atomic E-state index is 9.29. The molecule has 0 spiro atoms. The average Bonchev–Trinajstić information content (AvgIpc) is 2.80. The van der Waals surface area contributed by atoms with Gasteiger partial charge in [0.25, 0.3) is 0 Å². The Labute approximate surface area is 111 Å². The van der Waals surface area contributed by atoms with Crippen molar-refractivity contribution in [3.63, 3.8) is 0 Å². The van der Waals surface area contributed by atoms with Crippen LogP contribution in [0.1, 0.15) is 40.0 Å². The van der Waals surface area contributed by atoms with Crippen LogP contribution in [0.2, 0.25) is 0 Å². The number of ether oxygens (including phenoxy) is 1. The van der Waals surface area contributed by atoms with Gasteiger partial charge in [-0.3, -0.25) is 5.32 Å². The Bertz CT molecular complexity index is 289. The highest BCUT2D eigenvalue weighted by molar-refractivity contribution is 5.04. The van der Waals surface area contributed by atoms with Gasteiger partial charge in [-0.25, -0.2) is 0 Å². The molecule has 0 bridgehead atoms. The first kappa shape index (κ1) is 15.4. The molecule has 0 radical (unpaired) electrons. The largest absolute Gasteiger partial charge is 0.377 e. The van der Waals surface area contributed by atoms with E-state index in [1.807, 2.05) is 6.92 Å². The Balaban J connectivity index is 2.40. The van der Waals surface area contributed by atoms with E-state index in [1.54, 1.807) is 0 Å². The van der Waals surface area contributed by atoms with Crippen LogP contribution < -0.4 is 5.32 Å². The minimum Gasteiger partial charge on any atom is -0.377 e. The molecule has 1 N–H and O–H groups in total. The highest BCUT2D eigenvalue weighted by atomic mass is 16.5. The van der Waals surface area contributed by atoms with Gasteiger partial charge in [-0.1, -0.05) is 6.92 Å². The van der Waals surface area contributed by atoms with Gasteiger partial charge >= 0.3 is 0 Å². The predicted octanol–water partition coefficient (Wildman–Crippen LogP) is 1.77. The number of nitrogens with zero attached hydrogens (tertiary/aromatic N) is 2. The van der Waals surface area contributed by atoms with Crippen molar-refractivity contribution in [2.45, 2.75) is 57.7 Å². The van der Waals surface area contributed by atoms with Gasteiger partial charge in [-0.15, -0.1) is 0 Å². The first-order valence-corrected chi connectivity index (χ1v) is 7.00. The molecule has 104 valence electrons. The molecule has 18 heavy (non-hydrogen) atoms. The van der Waals surface area contributed by atoms with E-state index in [9.17, 15) is 5.26 Å². The fourth-order valence-corrected chi connectivity index (χ4v) is 2.45. The molecule has 0 amide bonds. The Hall–Kier alpha value is -0.630. The molecule has 0 saturated carbocycles. The molecule has 4 heteroatoms. The predicted molar refractivity (Wildman–Crippen MR) is 73.4 cm³/mol. The summed E-state index contributed by atoms with van der Waals surface area (Å²) in [5.41, 5.74) is -0.410. The smallest absolute Gasteiger partial charge is 0.105 e. The van der Waals surface area contributed by atoms with Gasteiger partial charge in [-0.05, 0) is 46.7 Å². The first-order chi connectivity index (χ1) is 8.52. The van der Waals surface area contributed by atoms with Crippen molar-refractivity contribution in [1.82, 2.24) is 10.2 Å². The minimum absolute atomic E-state index is 0.312. The van der Waals surface area contributed by atoms with E-state index in [2.05, 4.69) is 37.2 Å². The van der Waals surface area contributed by atoms with Crippen molar-refractivity contribution < 1.29 is 4.74 Å². The molecule has 0 aromatic heterocycles. The number of likely N-dealkylation sites (N-methyl/N-ethyl adjacent to an activating group) is 1. The van der Waals surface area contributed by atoms with Crippen molar-refractivity contribution in [3.05, 3.63) is 0 Å². The summed E-state index contributed by atoms with van der Waals surface area (Å²) >= 11 is 0. The topological polar surface area (TPSA) is 48.3 Å². The summed E-state index contributed by atoms with van der Waals surface area (Å²) in [6.45, 7) is 8.93. The van der Waals surface area contributed by atoms with E-state index in [-0.39, 0.29) is 0 Å². The number of nitrogens with one attached hydrogen (secondary N) is 1. The number of hydrogen-bond donors (Lipinski definition) is 1. The maximum absolute atomic E-state index is 9.29. The maximum Gasteiger partial charge on any atom is 0.105 e. The third-order valence-corrected chi connectivity index (χ3v) is 3.88. The van der Waals surface area contributed by atoms with Gasteiger partial charge in [0.2, 0.25) is 0 Å². The minimum atomic E-state index is -0.410. The summed E-state index contributed by atoms with van der Waals surface area (Å²) in [5.74, 6) is 0. The summed E-state index contributed by atoms with van der Waals surface area (Å²) in [7, 11) is 2.13. The molecule has 0 aromatic rings. The van der Waals surface area contributed by atoms with E-state index in [4.69, 9.17) is 4.74 Å². The molecule has 3 unspecified atom stereocenters. The Morgan fingerprint density at radius 3 is 2.78 bits per heavy atom. The monoisotopic (exact) mass is 253 g/mol. The standard InChI is InChI=1S/C14H27N3O/c1-5-8-16-14(3,11-15)7-9-17(4)13-6-10-18-12(13)2/h12-13,16H,5-10H2,1-4H3. The van der Waals surface area contributed by atoms with Crippen molar-refractivity contribution in [2.75, 3.05) is 26.7 Å². The number of nitriles is 1. The highest BCUT2D eigenvalue weighted by Crippen LogP contribution is 2.19. The third kappa shape index (κ3) is 4.24. The second-order valence-corrected chi connectivity index (χ2v) is 5.53. The van der Waals surface area contributed by atoms with Crippen LogP contribution in [0, 0.1) is 11.3 Å². The first-order valence-electron chi connectivity index (χ1n) is 7.00. The molecule has 4 nitrogen and oxygen atoms in total. The quantitative estimate of drug-likeness (QED) is 0.751. The van der Waals surface area contributed by atoms with Gasteiger partial charge in [-0.2, -0.15) is 5.26 Å². The molecule has 0 aliphatic carbocycles. The average molecular weight is 253 g/mol. The normalized spacial score (nSPS) is 27.1. The van der Waals surface area contributed by atoms with Crippen molar-refractivity contribution in [2.24, 2.45) is 0 Å². The zero-order valence-corrected chi connectivity index (χ0v) is 12.2. The van der Waals surface area contributed by atoms with Gasteiger partial charge in [0.05, 0.1) is 12.2 Å². The van der Waals surface area contributed by atoms with E-state index >= 15 is 0 Å². The summed E-state index contributed by atoms with van der Waals surface area (Å²) in [4.78, 5) is 2.33. The van der Waals surface area contributed by atoms with Crippen LogP contribution in [0.3, 0.4) is 0 Å². The van der Waals surface area contributed by atoms with Crippen LogP contribution in [0.4, 0.5) is 0 Å². The lowest BCUT2D eigenvalue weighted by molar-refractivity contribution is 0.0815. The molecule has 3 atom stereocenters. The summed E-state index contributed by atoms with van der Waals surface area (Å²) in [6.07, 6.45) is 3.32. The Kier molecular flexibility index (Phi) is 6.07. The number of hydrogen-bond acceptors (Lipinski definition) is 4. The van der Waals surface area contributed by atoms with Crippen LogP contribution >= 0.6 is 0 Å². The third-order valence-electron chi connectivity index (χ3n) is 3.88. The van der Waals surface area contributed by atoms with E-state index < -0.39 is 5.54 Å². The zero-order valence-electron chi connectivity index (χ0n) is 12.2. The Morgan fingerprint density at radius 2 is 2.28 bits per heavy atom. The highest BCUT2D eigenvalue weighted by Gasteiger charge is 2.30. The second kappa shape index (κ2) is 7.08. The van der Waals surface area contributed by atoms with Crippen LogP contribution in [0.5, 0.6) is 0 Å². The molecular formula is C14H27N3O. The zero-order chi connectivity index (χ0) is 13.6. The molecule has 1 aliphatic rings. The van der Waals surface area contributed by atoms with Gasteiger partial charge in [0.1, 0.15) is 5.54 Å². The van der Waals surface area contributed by atoms with Gasteiger partial charge in [0, 0.05) is 19.2 Å². The van der Waals surface area contributed by atoms with Crippen molar-refractivity contribution >= 4 is 0 Å². The molecule has 1 fully saturated rings.